The molecular formula is C16H21N5O3. The Morgan fingerprint density at radius 3 is 2.67 bits per heavy atom. The van der Waals surface area contributed by atoms with Crippen molar-refractivity contribution in [2.75, 3.05) is 6.54 Å². The molecule has 0 aromatic rings. The smallest absolute Gasteiger partial charge is 0.276 e. The molecule has 3 aliphatic heterocycles. The molecule has 3 amide bonds. The molecule has 8 nitrogen and oxygen atoms in total. The Labute approximate surface area is 139 Å². The van der Waals surface area contributed by atoms with Gasteiger partial charge < -0.3 is 15.5 Å². The van der Waals surface area contributed by atoms with Crippen molar-refractivity contribution >= 4 is 23.4 Å². The lowest BCUT2D eigenvalue weighted by Crippen LogP contribution is -2.58. The van der Waals surface area contributed by atoms with E-state index in [9.17, 15) is 14.4 Å². The topological polar surface area (TPSA) is 94.1 Å². The third kappa shape index (κ3) is 2.12. The van der Waals surface area contributed by atoms with Crippen molar-refractivity contribution in [3.8, 4) is 0 Å². The highest BCUT2D eigenvalue weighted by Crippen LogP contribution is 2.36. The van der Waals surface area contributed by atoms with E-state index >= 15 is 0 Å². The van der Waals surface area contributed by atoms with Crippen molar-refractivity contribution in [3.05, 3.63) is 11.3 Å². The summed E-state index contributed by atoms with van der Waals surface area (Å²) in [6.45, 7) is 5.91. The third-order valence-electron chi connectivity index (χ3n) is 4.95. The van der Waals surface area contributed by atoms with Crippen LogP contribution in [0.5, 0.6) is 0 Å². The molecule has 0 aromatic heterocycles. The van der Waals surface area contributed by atoms with E-state index in [0.717, 1.165) is 12.8 Å². The lowest BCUT2D eigenvalue weighted by atomic mass is 10.00. The van der Waals surface area contributed by atoms with Crippen LogP contribution < -0.4 is 10.6 Å². The maximum absolute atomic E-state index is 12.8. The lowest BCUT2D eigenvalue weighted by molar-refractivity contribution is -0.135. The molecule has 0 aromatic carbocycles. The second-order valence-electron chi connectivity index (χ2n) is 7.37. The first-order valence-electron chi connectivity index (χ1n) is 8.35. The van der Waals surface area contributed by atoms with Crippen LogP contribution >= 0.6 is 0 Å². The summed E-state index contributed by atoms with van der Waals surface area (Å²) in [5, 5.41) is 11.7. The minimum atomic E-state index is -0.866. The maximum Gasteiger partial charge on any atom is 0.276 e. The Morgan fingerprint density at radius 2 is 2.04 bits per heavy atom. The Balaban J connectivity index is 1.59. The number of hydrogen-bond acceptors (Lipinski definition) is 5. The normalized spacial score (nSPS) is 28.9. The monoisotopic (exact) mass is 331 g/mol. The minimum absolute atomic E-state index is 0.0173. The maximum atomic E-state index is 12.8. The summed E-state index contributed by atoms with van der Waals surface area (Å²) >= 11 is 0. The summed E-state index contributed by atoms with van der Waals surface area (Å²) in [6.07, 6.45) is 2.27. The molecule has 8 heteroatoms. The van der Waals surface area contributed by atoms with Gasteiger partial charge in [-0.15, -0.1) is 0 Å². The van der Waals surface area contributed by atoms with E-state index in [1.54, 1.807) is 11.8 Å². The van der Waals surface area contributed by atoms with E-state index in [4.69, 9.17) is 0 Å². The van der Waals surface area contributed by atoms with Crippen molar-refractivity contribution in [2.45, 2.75) is 57.8 Å². The molecule has 0 bridgehead atoms. The van der Waals surface area contributed by atoms with Crippen molar-refractivity contribution in [2.24, 2.45) is 5.10 Å². The van der Waals surface area contributed by atoms with Crippen LogP contribution in [0.4, 0.5) is 0 Å². The lowest BCUT2D eigenvalue weighted by Gasteiger charge is -2.38. The SMILES string of the molecule is CC(C)N1CC2=C(NC3(C)CC(C(=O)NC4CC4)=NN3C2=O)C1=O. The van der Waals surface area contributed by atoms with E-state index in [1.165, 1.54) is 5.01 Å². The molecule has 4 aliphatic rings. The Bertz CT molecular complexity index is 721. The van der Waals surface area contributed by atoms with E-state index in [0.29, 0.717) is 17.0 Å². The number of rotatable bonds is 3. The molecule has 1 fully saturated rings. The van der Waals surface area contributed by atoms with Crippen LogP contribution in [0.3, 0.4) is 0 Å². The Kier molecular flexibility index (Phi) is 3.04. The highest BCUT2D eigenvalue weighted by molar-refractivity contribution is 6.40. The van der Waals surface area contributed by atoms with Crippen molar-refractivity contribution < 1.29 is 14.4 Å². The Morgan fingerprint density at radius 1 is 1.33 bits per heavy atom. The van der Waals surface area contributed by atoms with Gasteiger partial charge in [-0.25, -0.2) is 5.01 Å². The van der Waals surface area contributed by atoms with Crippen LogP contribution in [0, 0.1) is 0 Å². The van der Waals surface area contributed by atoms with Crippen LogP contribution in [-0.4, -0.2) is 57.6 Å². The largest absolute Gasteiger partial charge is 0.356 e. The summed E-state index contributed by atoms with van der Waals surface area (Å²) in [4.78, 5) is 39.3. The molecule has 128 valence electrons. The highest BCUT2D eigenvalue weighted by atomic mass is 16.2. The van der Waals surface area contributed by atoms with Gasteiger partial charge in [0.05, 0.1) is 12.1 Å². The van der Waals surface area contributed by atoms with Crippen LogP contribution in [-0.2, 0) is 14.4 Å². The molecule has 0 saturated heterocycles. The summed E-state index contributed by atoms with van der Waals surface area (Å²) < 4.78 is 0. The van der Waals surface area contributed by atoms with Crippen LogP contribution in [0.2, 0.25) is 0 Å². The van der Waals surface area contributed by atoms with Crippen molar-refractivity contribution in [3.63, 3.8) is 0 Å². The van der Waals surface area contributed by atoms with E-state index in [-0.39, 0.29) is 42.8 Å². The molecule has 24 heavy (non-hydrogen) atoms. The van der Waals surface area contributed by atoms with Crippen LogP contribution in [0.15, 0.2) is 16.4 Å². The van der Waals surface area contributed by atoms with Gasteiger partial charge in [-0.2, -0.15) is 5.10 Å². The average Bonchev–Trinajstić information content (AvgIpc) is 3.15. The number of carbonyl (C=O) groups excluding carboxylic acids is 3. The fourth-order valence-corrected chi connectivity index (χ4v) is 3.37. The predicted molar refractivity (Wildman–Crippen MR) is 85.5 cm³/mol. The summed E-state index contributed by atoms with van der Waals surface area (Å²) in [6, 6.07) is 0.252. The van der Waals surface area contributed by atoms with Crippen molar-refractivity contribution in [1.82, 2.24) is 20.5 Å². The first-order chi connectivity index (χ1) is 11.3. The number of nitrogens with zero attached hydrogens (tertiary/aromatic N) is 3. The molecule has 3 heterocycles. The predicted octanol–water partition coefficient (Wildman–Crippen LogP) is -0.323. The van der Waals surface area contributed by atoms with Crippen LogP contribution in [0.25, 0.3) is 0 Å². The molecule has 4 rings (SSSR count). The van der Waals surface area contributed by atoms with Gasteiger partial charge in [0.25, 0.3) is 17.7 Å². The number of hydrazone groups is 1. The molecule has 1 aliphatic carbocycles. The van der Waals surface area contributed by atoms with Gasteiger partial charge in [0, 0.05) is 18.5 Å². The number of amides is 3. The zero-order valence-electron chi connectivity index (χ0n) is 14.0. The second kappa shape index (κ2) is 4.81. The van der Waals surface area contributed by atoms with Gasteiger partial charge in [0.1, 0.15) is 17.1 Å². The molecule has 0 radical (unpaired) electrons. The molecule has 2 N–H and O–H groups in total. The first-order valence-corrected chi connectivity index (χ1v) is 8.35. The fraction of sp³-hybridized carbons (Fsp3) is 0.625. The van der Waals surface area contributed by atoms with Crippen molar-refractivity contribution in [1.29, 1.82) is 0 Å². The summed E-state index contributed by atoms with van der Waals surface area (Å²) in [5.41, 5.74) is 0.249. The van der Waals surface area contributed by atoms with Gasteiger partial charge in [-0.05, 0) is 33.6 Å². The van der Waals surface area contributed by atoms with Crippen LogP contribution in [0.1, 0.15) is 40.0 Å². The number of carbonyl (C=O) groups is 3. The highest BCUT2D eigenvalue weighted by Gasteiger charge is 2.53. The molecule has 1 unspecified atom stereocenters. The van der Waals surface area contributed by atoms with Gasteiger partial charge in [-0.3, -0.25) is 14.4 Å². The molecular weight excluding hydrogens is 310 g/mol. The number of hydrogen-bond donors (Lipinski definition) is 2. The Hall–Kier alpha value is -2.38. The van der Waals surface area contributed by atoms with E-state index in [2.05, 4.69) is 15.7 Å². The number of fused-ring (bicyclic) bond motifs is 1. The molecule has 1 atom stereocenters. The first kappa shape index (κ1) is 15.2. The van der Waals surface area contributed by atoms with E-state index < -0.39 is 5.66 Å². The summed E-state index contributed by atoms with van der Waals surface area (Å²) in [5.74, 6) is -0.680. The quantitative estimate of drug-likeness (QED) is 0.741. The second-order valence-corrected chi connectivity index (χ2v) is 7.37. The van der Waals surface area contributed by atoms with Gasteiger partial charge in [-0.1, -0.05) is 0 Å². The minimum Gasteiger partial charge on any atom is -0.356 e. The van der Waals surface area contributed by atoms with Gasteiger partial charge in [0.2, 0.25) is 0 Å². The summed E-state index contributed by atoms with van der Waals surface area (Å²) in [7, 11) is 0. The van der Waals surface area contributed by atoms with E-state index in [1.807, 2.05) is 13.8 Å². The standard InChI is InChI=1S/C16H21N5O3/c1-8(2)20-7-10-12(15(20)24)18-16(3)6-11(19-21(16)14(10)23)13(22)17-9-4-5-9/h8-9,18H,4-7H2,1-3H3,(H,17,22). The number of nitrogens with one attached hydrogen (secondary N) is 2. The average molecular weight is 331 g/mol. The zero-order valence-corrected chi connectivity index (χ0v) is 14.0. The zero-order chi connectivity index (χ0) is 17.2. The van der Waals surface area contributed by atoms with Gasteiger partial charge in [0.15, 0.2) is 0 Å². The van der Waals surface area contributed by atoms with Gasteiger partial charge >= 0.3 is 0 Å². The molecule has 0 spiro atoms. The third-order valence-corrected chi connectivity index (χ3v) is 4.95. The molecule has 1 saturated carbocycles. The fourth-order valence-electron chi connectivity index (χ4n) is 3.37.